The standard InChI is InChI=1S/C23H17F5N8O3/c1-12-32-33-21(39-12)22(37,23(26,27)28)11-30-19-15(25)9-29-20(31-19)17-8-18(16-6-7-38-35-16)36(34-17)10-13-4-2-3-5-14(13)24/h2-9,37H,10-11H2,1H3,(H,29,30,31). The highest BCUT2D eigenvalue weighted by atomic mass is 19.4. The maximum Gasteiger partial charge on any atom is 0.428 e. The molecule has 4 heterocycles. The fraction of sp³-hybridized carbons (Fsp3) is 0.217. The van der Waals surface area contributed by atoms with Crippen LogP contribution in [0.15, 0.2) is 57.8 Å². The van der Waals surface area contributed by atoms with E-state index in [-0.39, 0.29) is 24.0 Å². The van der Waals surface area contributed by atoms with Crippen molar-refractivity contribution in [2.24, 2.45) is 0 Å². The summed E-state index contributed by atoms with van der Waals surface area (Å²) in [6.07, 6.45) is -3.22. The van der Waals surface area contributed by atoms with Crippen LogP contribution in [0.1, 0.15) is 17.3 Å². The number of halogens is 5. The predicted molar refractivity (Wildman–Crippen MR) is 122 cm³/mol. The number of rotatable bonds is 8. The highest BCUT2D eigenvalue weighted by Crippen LogP contribution is 2.38. The van der Waals surface area contributed by atoms with E-state index in [2.05, 4.69) is 35.7 Å². The van der Waals surface area contributed by atoms with E-state index in [1.54, 1.807) is 12.1 Å². The molecule has 5 rings (SSSR count). The van der Waals surface area contributed by atoms with Gasteiger partial charge in [-0.25, -0.2) is 18.7 Å². The van der Waals surface area contributed by atoms with Crippen molar-refractivity contribution < 1.29 is 36.0 Å². The fourth-order valence-electron chi connectivity index (χ4n) is 3.57. The molecule has 4 aromatic heterocycles. The number of nitrogens with zero attached hydrogens (tertiary/aromatic N) is 7. The zero-order valence-electron chi connectivity index (χ0n) is 19.8. The number of alkyl halides is 3. The molecular weight excluding hydrogens is 531 g/mol. The topological polar surface area (TPSA) is 141 Å². The first-order valence-corrected chi connectivity index (χ1v) is 11.1. The Hall–Kier alpha value is -4.73. The number of nitrogens with one attached hydrogen (secondary N) is 1. The summed E-state index contributed by atoms with van der Waals surface area (Å²) >= 11 is 0. The Morgan fingerprint density at radius 3 is 2.51 bits per heavy atom. The fourth-order valence-corrected chi connectivity index (χ4v) is 3.57. The largest absolute Gasteiger partial charge is 0.428 e. The van der Waals surface area contributed by atoms with Crippen molar-refractivity contribution in [3.63, 3.8) is 0 Å². The van der Waals surface area contributed by atoms with E-state index in [0.29, 0.717) is 17.0 Å². The van der Waals surface area contributed by atoms with Crippen molar-refractivity contribution in [2.45, 2.75) is 25.2 Å². The maximum absolute atomic E-state index is 14.5. The lowest BCUT2D eigenvalue weighted by Gasteiger charge is -2.27. The molecule has 202 valence electrons. The average Bonchev–Trinajstić information content (AvgIpc) is 3.65. The van der Waals surface area contributed by atoms with Crippen molar-refractivity contribution in [1.29, 1.82) is 0 Å². The number of aryl methyl sites for hydroxylation is 1. The Morgan fingerprint density at radius 1 is 1.05 bits per heavy atom. The van der Waals surface area contributed by atoms with Gasteiger partial charge in [0, 0.05) is 18.6 Å². The Labute approximate surface area is 215 Å². The molecule has 0 spiro atoms. The zero-order chi connectivity index (χ0) is 27.8. The minimum absolute atomic E-state index is 0.0244. The maximum atomic E-state index is 14.5. The first-order valence-electron chi connectivity index (χ1n) is 11.1. The third kappa shape index (κ3) is 5.05. The second-order valence-corrected chi connectivity index (χ2v) is 8.28. The van der Waals surface area contributed by atoms with Crippen LogP contribution >= 0.6 is 0 Å². The highest BCUT2D eigenvalue weighted by Gasteiger charge is 2.59. The number of aliphatic hydroxyl groups is 1. The van der Waals surface area contributed by atoms with Gasteiger partial charge in [-0.3, -0.25) is 4.68 Å². The van der Waals surface area contributed by atoms with Gasteiger partial charge < -0.3 is 19.4 Å². The van der Waals surface area contributed by atoms with E-state index in [0.717, 1.165) is 6.20 Å². The molecule has 0 fully saturated rings. The molecule has 0 aliphatic rings. The van der Waals surface area contributed by atoms with Crippen LogP contribution in [0.2, 0.25) is 0 Å². The number of benzene rings is 1. The predicted octanol–water partition coefficient (Wildman–Crippen LogP) is 3.88. The molecule has 0 saturated carbocycles. The monoisotopic (exact) mass is 548 g/mol. The minimum Gasteiger partial charge on any atom is -0.422 e. The average molecular weight is 548 g/mol. The van der Waals surface area contributed by atoms with Gasteiger partial charge in [0.15, 0.2) is 17.5 Å². The molecule has 5 aromatic rings. The Kier molecular flexibility index (Phi) is 6.55. The Balaban J connectivity index is 1.48. The lowest BCUT2D eigenvalue weighted by atomic mass is 10.0. The van der Waals surface area contributed by atoms with Crippen LogP contribution in [-0.4, -0.2) is 52.9 Å². The Morgan fingerprint density at radius 2 is 1.85 bits per heavy atom. The molecule has 1 unspecified atom stereocenters. The summed E-state index contributed by atoms with van der Waals surface area (Å²) in [5.74, 6) is -3.76. The second-order valence-electron chi connectivity index (χ2n) is 8.28. The van der Waals surface area contributed by atoms with Gasteiger partial charge >= 0.3 is 6.18 Å². The van der Waals surface area contributed by atoms with E-state index in [1.165, 1.54) is 42.1 Å². The molecule has 1 atom stereocenters. The lowest BCUT2D eigenvalue weighted by molar-refractivity contribution is -0.268. The van der Waals surface area contributed by atoms with E-state index >= 15 is 0 Å². The zero-order valence-corrected chi connectivity index (χ0v) is 19.8. The van der Waals surface area contributed by atoms with Gasteiger partial charge in [0.25, 0.3) is 11.5 Å². The van der Waals surface area contributed by atoms with Crippen LogP contribution in [0.4, 0.5) is 27.8 Å². The lowest BCUT2D eigenvalue weighted by Crippen LogP contribution is -2.48. The normalized spacial score (nSPS) is 13.4. The van der Waals surface area contributed by atoms with Gasteiger partial charge in [0.05, 0.1) is 25.0 Å². The highest BCUT2D eigenvalue weighted by molar-refractivity contribution is 5.63. The van der Waals surface area contributed by atoms with E-state index in [9.17, 15) is 27.1 Å². The molecule has 0 aliphatic carbocycles. The number of hydrogen-bond acceptors (Lipinski definition) is 10. The van der Waals surface area contributed by atoms with Gasteiger partial charge in [0.2, 0.25) is 5.89 Å². The SMILES string of the molecule is Cc1nnc(C(O)(CNc2nc(-c3cc(-c4ccon4)n(Cc4ccccc4F)n3)ncc2F)C(F)(F)F)o1. The van der Waals surface area contributed by atoms with Crippen LogP contribution in [0, 0.1) is 18.6 Å². The molecular formula is C23H17F5N8O3. The summed E-state index contributed by atoms with van der Waals surface area (Å²) in [7, 11) is 0. The molecule has 0 saturated heterocycles. The summed E-state index contributed by atoms with van der Waals surface area (Å²) < 4.78 is 81.1. The number of aromatic nitrogens is 7. The van der Waals surface area contributed by atoms with Crippen molar-refractivity contribution in [3.05, 3.63) is 77.8 Å². The summed E-state index contributed by atoms with van der Waals surface area (Å²) in [5, 5.41) is 27.3. The van der Waals surface area contributed by atoms with Crippen molar-refractivity contribution in [2.75, 3.05) is 11.9 Å². The quantitative estimate of drug-likeness (QED) is 0.275. The van der Waals surface area contributed by atoms with Gasteiger partial charge in [-0.15, -0.1) is 10.2 Å². The molecule has 39 heavy (non-hydrogen) atoms. The van der Waals surface area contributed by atoms with Gasteiger partial charge in [-0.05, 0) is 12.1 Å². The van der Waals surface area contributed by atoms with E-state index in [1.807, 2.05) is 0 Å². The summed E-state index contributed by atoms with van der Waals surface area (Å²) in [6, 6.07) is 9.04. The third-order valence-corrected chi connectivity index (χ3v) is 5.59. The molecule has 0 aliphatic heterocycles. The number of hydrogen-bond donors (Lipinski definition) is 2. The van der Waals surface area contributed by atoms with Gasteiger partial charge in [-0.2, -0.15) is 18.3 Å². The van der Waals surface area contributed by atoms with Gasteiger partial charge in [-0.1, -0.05) is 23.4 Å². The molecule has 1 aromatic carbocycles. The molecule has 11 nitrogen and oxygen atoms in total. The van der Waals surface area contributed by atoms with Crippen LogP contribution in [0.3, 0.4) is 0 Å². The summed E-state index contributed by atoms with van der Waals surface area (Å²) in [4.78, 5) is 7.83. The minimum atomic E-state index is -5.26. The first-order chi connectivity index (χ1) is 18.5. The van der Waals surface area contributed by atoms with Crippen LogP contribution in [0.5, 0.6) is 0 Å². The molecule has 0 radical (unpaired) electrons. The van der Waals surface area contributed by atoms with Crippen LogP contribution < -0.4 is 5.32 Å². The van der Waals surface area contributed by atoms with Crippen molar-refractivity contribution in [1.82, 2.24) is 35.1 Å². The van der Waals surface area contributed by atoms with E-state index in [4.69, 9.17) is 8.94 Å². The third-order valence-electron chi connectivity index (χ3n) is 5.59. The second kappa shape index (κ2) is 9.86. The van der Waals surface area contributed by atoms with Crippen LogP contribution in [-0.2, 0) is 12.1 Å². The first kappa shape index (κ1) is 25.9. The Bertz CT molecular complexity index is 1600. The molecule has 2 N–H and O–H groups in total. The van der Waals surface area contributed by atoms with Crippen molar-refractivity contribution >= 4 is 5.82 Å². The number of anilines is 1. The summed E-state index contributed by atoms with van der Waals surface area (Å²) in [6.45, 7) is -0.0868. The van der Waals surface area contributed by atoms with Crippen molar-refractivity contribution in [3.8, 4) is 22.9 Å². The van der Waals surface area contributed by atoms with E-state index < -0.39 is 41.7 Å². The van der Waals surface area contributed by atoms with Gasteiger partial charge in [0.1, 0.15) is 23.5 Å². The smallest absolute Gasteiger partial charge is 0.422 e. The molecule has 16 heteroatoms. The van der Waals surface area contributed by atoms with Crippen LogP contribution in [0.25, 0.3) is 22.9 Å². The molecule has 0 amide bonds. The summed E-state index contributed by atoms with van der Waals surface area (Å²) in [5.41, 5.74) is -2.54. The molecule has 0 bridgehead atoms.